The van der Waals surface area contributed by atoms with Gasteiger partial charge in [-0.05, 0) is 50.1 Å². The molecule has 1 aliphatic rings. The van der Waals surface area contributed by atoms with E-state index in [0.29, 0.717) is 37.5 Å². The van der Waals surface area contributed by atoms with Crippen molar-refractivity contribution in [1.82, 2.24) is 14.9 Å². The standard InChI is InChI=1S/C20H24N4O3/c1-5-17(25)23-7-9-24(10-8-23)19-18(20(26)27-6-2)21-15-11-13(3)14(4)12-16(15)22-19/h5,11-12H,1,6-10H2,2-4H3. The largest absolute Gasteiger partial charge is 0.461 e. The minimum atomic E-state index is -0.482. The van der Waals surface area contributed by atoms with Gasteiger partial charge < -0.3 is 14.5 Å². The Balaban J connectivity index is 2.00. The van der Waals surface area contributed by atoms with Crippen molar-refractivity contribution in [3.05, 3.63) is 41.6 Å². The van der Waals surface area contributed by atoms with Crippen LogP contribution in [0, 0.1) is 13.8 Å². The molecular weight excluding hydrogens is 344 g/mol. The third-order valence-electron chi connectivity index (χ3n) is 4.80. The zero-order valence-electron chi connectivity index (χ0n) is 16.0. The highest BCUT2D eigenvalue weighted by molar-refractivity contribution is 5.95. The molecule has 0 unspecified atom stereocenters. The molecule has 0 aliphatic carbocycles. The van der Waals surface area contributed by atoms with Crippen molar-refractivity contribution in [2.45, 2.75) is 20.8 Å². The summed E-state index contributed by atoms with van der Waals surface area (Å²) in [6, 6.07) is 3.92. The first-order chi connectivity index (χ1) is 12.9. The molecule has 0 saturated carbocycles. The molecule has 1 saturated heterocycles. The number of anilines is 1. The van der Waals surface area contributed by atoms with E-state index in [9.17, 15) is 9.59 Å². The van der Waals surface area contributed by atoms with Crippen LogP contribution in [-0.2, 0) is 9.53 Å². The first kappa shape index (κ1) is 18.8. The monoisotopic (exact) mass is 368 g/mol. The van der Waals surface area contributed by atoms with Gasteiger partial charge in [0.05, 0.1) is 17.6 Å². The smallest absolute Gasteiger partial charge is 0.360 e. The van der Waals surface area contributed by atoms with Crippen LogP contribution >= 0.6 is 0 Å². The minimum absolute atomic E-state index is 0.0871. The van der Waals surface area contributed by atoms with Gasteiger partial charge in [-0.3, -0.25) is 4.79 Å². The minimum Gasteiger partial charge on any atom is -0.461 e. The number of piperazine rings is 1. The number of fused-ring (bicyclic) bond motifs is 1. The van der Waals surface area contributed by atoms with Gasteiger partial charge >= 0.3 is 5.97 Å². The lowest BCUT2D eigenvalue weighted by Gasteiger charge is -2.35. The van der Waals surface area contributed by atoms with Crippen LogP contribution in [0.3, 0.4) is 0 Å². The molecule has 0 atom stereocenters. The molecule has 0 bridgehead atoms. The molecule has 1 aromatic carbocycles. The molecule has 0 N–H and O–H groups in total. The van der Waals surface area contributed by atoms with E-state index in [0.717, 1.165) is 16.6 Å². The van der Waals surface area contributed by atoms with Gasteiger partial charge in [0, 0.05) is 26.2 Å². The van der Waals surface area contributed by atoms with Crippen LogP contribution < -0.4 is 4.90 Å². The van der Waals surface area contributed by atoms with Crippen molar-refractivity contribution in [2.24, 2.45) is 0 Å². The van der Waals surface area contributed by atoms with Gasteiger partial charge in [-0.25, -0.2) is 14.8 Å². The summed E-state index contributed by atoms with van der Waals surface area (Å²) < 4.78 is 5.19. The SMILES string of the molecule is C=CC(=O)N1CCN(c2nc3cc(C)c(C)cc3nc2C(=O)OCC)CC1. The van der Waals surface area contributed by atoms with Crippen LogP contribution in [0.2, 0.25) is 0 Å². The molecule has 27 heavy (non-hydrogen) atoms. The first-order valence-electron chi connectivity index (χ1n) is 9.07. The Morgan fingerprint density at radius 1 is 1.11 bits per heavy atom. The summed E-state index contributed by atoms with van der Waals surface area (Å²) in [7, 11) is 0. The van der Waals surface area contributed by atoms with Crippen LogP contribution in [0.5, 0.6) is 0 Å². The highest BCUT2D eigenvalue weighted by Gasteiger charge is 2.26. The summed E-state index contributed by atoms with van der Waals surface area (Å²) >= 11 is 0. The summed E-state index contributed by atoms with van der Waals surface area (Å²) in [5, 5.41) is 0. The second-order valence-electron chi connectivity index (χ2n) is 6.56. The van der Waals surface area contributed by atoms with Gasteiger partial charge in [0.1, 0.15) is 0 Å². The Morgan fingerprint density at radius 2 is 1.70 bits per heavy atom. The van der Waals surface area contributed by atoms with Crippen molar-refractivity contribution < 1.29 is 14.3 Å². The number of ether oxygens (including phenoxy) is 1. The zero-order chi connectivity index (χ0) is 19.6. The third-order valence-corrected chi connectivity index (χ3v) is 4.80. The Kier molecular flexibility index (Phi) is 5.39. The molecule has 1 amide bonds. The molecule has 2 heterocycles. The molecule has 1 aromatic heterocycles. The molecule has 142 valence electrons. The molecule has 0 radical (unpaired) electrons. The van der Waals surface area contributed by atoms with Crippen LogP contribution in [0.4, 0.5) is 5.82 Å². The number of rotatable bonds is 4. The van der Waals surface area contributed by atoms with Crippen LogP contribution in [0.15, 0.2) is 24.8 Å². The molecule has 1 aliphatic heterocycles. The van der Waals surface area contributed by atoms with Gasteiger partial charge in [0.15, 0.2) is 11.5 Å². The Bertz CT molecular complexity index is 902. The molecule has 7 heteroatoms. The molecule has 0 spiro atoms. The van der Waals surface area contributed by atoms with Crippen LogP contribution in [0.25, 0.3) is 11.0 Å². The van der Waals surface area contributed by atoms with Crippen molar-refractivity contribution in [1.29, 1.82) is 0 Å². The number of carbonyl (C=O) groups excluding carboxylic acids is 2. The van der Waals surface area contributed by atoms with Gasteiger partial charge in [0.25, 0.3) is 0 Å². The number of aromatic nitrogens is 2. The summed E-state index contributed by atoms with van der Waals surface area (Å²) in [5.41, 5.74) is 3.84. The fourth-order valence-corrected chi connectivity index (χ4v) is 3.13. The molecule has 7 nitrogen and oxygen atoms in total. The number of amides is 1. The average Bonchev–Trinajstić information content (AvgIpc) is 2.67. The lowest BCUT2D eigenvalue weighted by atomic mass is 10.1. The molecule has 3 rings (SSSR count). The highest BCUT2D eigenvalue weighted by Crippen LogP contribution is 2.25. The van der Waals surface area contributed by atoms with Crippen molar-refractivity contribution in [3.63, 3.8) is 0 Å². The first-order valence-corrected chi connectivity index (χ1v) is 9.07. The molecule has 1 fully saturated rings. The Labute approximate surface area is 158 Å². The highest BCUT2D eigenvalue weighted by atomic mass is 16.5. The number of aryl methyl sites for hydroxylation is 2. The zero-order valence-corrected chi connectivity index (χ0v) is 16.0. The summed E-state index contributed by atoms with van der Waals surface area (Å²) in [4.78, 5) is 37.3. The normalized spacial score (nSPS) is 14.3. The molecular formula is C20H24N4O3. The van der Waals surface area contributed by atoms with Gasteiger partial charge in [-0.1, -0.05) is 6.58 Å². The summed E-state index contributed by atoms with van der Waals surface area (Å²) in [5.74, 6) is -0.0596. The van der Waals surface area contributed by atoms with Crippen LogP contribution in [-0.4, -0.2) is 59.5 Å². The number of esters is 1. The lowest BCUT2D eigenvalue weighted by Crippen LogP contribution is -2.49. The van der Waals surface area contributed by atoms with Gasteiger partial charge in [0.2, 0.25) is 5.91 Å². The Morgan fingerprint density at radius 3 is 2.26 bits per heavy atom. The van der Waals surface area contributed by atoms with Crippen LogP contribution in [0.1, 0.15) is 28.5 Å². The van der Waals surface area contributed by atoms with E-state index in [1.165, 1.54) is 6.08 Å². The quantitative estimate of drug-likeness (QED) is 0.609. The van der Waals surface area contributed by atoms with E-state index >= 15 is 0 Å². The van der Waals surface area contributed by atoms with E-state index in [-0.39, 0.29) is 18.2 Å². The fourth-order valence-electron chi connectivity index (χ4n) is 3.13. The average molecular weight is 368 g/mol. The van der Waals surface area contributed by atoms with E-state index in [1.807, 2.05) is 30.9 Å². The maximum atomic E-state index is 12.5. The van der Waals surface area contributed by atoms with Gasteiger partial charge in [-0.15, -0.1) is 0 Å². The summed E-state index contributed by atoms with van der Waals surface area (Å²) in [6.07, 6.45) is 1.32. The predicted molar refractivity (Wildman–Crippen MR) is 104 cm³/mol. The van der Waals surface area contributed by atoms with E-state index in [2.05, 4.69) is 11.6 Å². The molecule has 2 aromatic rings. The number of hydrogen-bond acceptors (Lipinski definition) is 6. The van der Waals surface area contributed by atoms with Gasteiger partial charge in [-0.2, -0.15) is 0 Å². The van der Waals surface area contributed by atoms with Crippen molar-refractivity contribution >= 4 is 28.7 Å². The second kappa shape index (κ2) is 7.73. The topological polar surface area (TPSA) is 75.6 Å². The van der Waals surface area contributed by atoms with E-state index in [1.54, 1.807) is 11.8 Å². The lowest BCUT2D eigenvalue weighted by molar-refractivity contribution is -0.126. The van der Waals surface area contributed by atoms with E-state index < -0.39 is 5.97 Å². The number of benzene rings is 1. The predicted octanol–water partition coefficient (Wildman–Crippen LogP) is 2.26. The van der Waals surface area contributed by atoms with Crippen molar-refractivity contribution in [2.75, 3.05) is 37.7 Å². The second-order valence-corrected chi connectivity index (χ2v) is 6.56. The van der Waals surface area contributed by atoms with E-state index in [4.69, 9.17) is 9.72 Å². The number of hydrogen-bond donors (Lipinski definition) is 0. The fraction of sp³-hybridized carbons (Fsp3) is 0.400. The maximum Gasteiger partial charge on any atom is 0.360 e. The number of nitrogens with zero attached hydrogens (tertiary/aromatic N) is 4. The maximum absolute atomic E-state index is 12.5. The van der Waals surface area contributed by atoms with Crippen molar-refractivity contribution in [3.8, 4) is 0 Å². The summed E-state index contributed by atoms with van der Waals surface area (Å²) in [6.45, 7) is 11.8. The Hall–Kier alpha value is -2.96. The number of carbonyl (C=O) groups is 2. The third kappa shape index (κ3) is 3.77.